The molecule has 0 aromatic heterocycles. The van der Waals surface area contributed by atoms with Gasteiger partial charge in [-0.3, -0.25) is 14.5 Å². The standard InChI is InChI=1S/C32H35NO7/c1-6-37-23-14-12-22(13-15-23)33-29(21-10-9-11-25(18-21)40-20(4)5)28(31(35)32(33)36)30(34)26-17-16-24(38-7-2)19-27(26)39-8-3/h9-20,29,34H,6-8H2,1-5H3/b30-28+. The molecule has 0 radical (unpaired) electrons. The summed E-state index contributed by atoms with van der Waals surface area (Å²) in [6.07, 6.45) is -0.0784. The molecule has 1 unspecified atom stereocenters. The lowest BCUT2D eigenvalue weighted by molar-refractivity contribution is -0.132. The van der Waals surface area contributed by atoms with Gasteiger partial charge in [-0.15, -0.1) is 0 Å². The smallest absolute Gasteiger partial charge is 0.300 e. The average Bonchev–Trinajstić information content (AvgIpc) is 3.19. The highest BCUT2D eigenvalue weighted by Crippen LogP contribution is 2.44. The number of amides is 1. The minimum absolute atomic E-state index is 0.0503. The molecule has 1 saturated heterocycles. The quantitative estimate of drug-likeness (QED) is 0.172. The number of hydrogen-bond donors (Lipinski definition) is 1. The summed E-state index contributed by atoms with van der Waals surface area (Å²) in [5, 5.41) is 11.7. The maximum atomic E-state index is 13.6. The van der Waals surface area contributed by atoms with Gasteiger partial charge in [-0.1, -0.05) is 12.1 Å². The molecule has 0 saturated carbocycles. The van der Waals surface area contributed by atoms with Crippen molar-refractivity contribution in [3.05, 3.63) is 83.4 Å². The molecule has 8 heteroatoms. The Morgan fingerprint density at radius 1 is 0.825 bits per heavy atom. The van der Waals surface area contributed by atoms with Crippen molar-refractivity contribution < 1.29 is 33.6 Å². The molecule has 1 aliphatic rings. The van der Waals surface area contributed by atoms with Crippen LogP contribution in [0.3, 0.4) is 0 Å². The number of aliphatic hydroxyl groups excluding tert-OH is 1. The first-order chi connectivity index (χ1) is 19.3. The van der Waals surface area contributed by atoms with Gasteiger partial charge in [0.25, 0.3) is 11.7 Å². The molecule has 3 aromatic carbocycles. The molecular formula is C32H35NO7. The molecule has 1 fully saturated rings. The molecule has 0 aliphatic carbocycles. The van der Waals surface area contributed by atoms with E-state index in [0.717, 1.165) is 0 Å². The average molecular weight is 546 g/mol. The number of carbonyl (C=O) groups excluding carboxylic acids is 2. The van der Waals surface area contributed by atoms with E-state index in [-0.39, 0.29) is 23.0 Å². The molecule has 1 amide bonds. The van der Waals surface area contributed by atoms with Crippen molar-refractivity contribution in [3.8, 4) is 23.0 Å². The fourth-order valence-electron chi connectivity index (χ4n) is 4.69. The number of carbonyl (C=O) groups is 2. The van der Waals surface area contributed by atoms with Crippen molar-refractivity contribution in [1.29, 1.82) is 0 Å². The summed E-state index contributed by atoms with van der Waals surface area (Å²) in [5.74, 6) is 0.237. The van der Waals surface area contributed by atoms with E-state index >= 15 is 0 Å². The van der Waals surface area contributed by atoms with Gasteiger partial charge in [0.05, 0.1) is 43.1 Å². The highest BCUT2D eigenvalue weighted by atomic mass is 16.5. The zero-order chi connectivity index (χ0) is 28.8. The summed E-state index contributed by atoms with van der Waals surface area (Å²) in [5.41, 5.74) is 1.33. The minimum atomic E-state index is -0.922. The van der Waals surface area contributed by atoms with E-state index in [0.29, 0.717) is 54.1 Å². The number of benzene rings is 3. The molecule has 0 bridgehead atoms. The third-order valence-corrected chi connectivity index (χ3v) is 6.23. The number of aliphatic hydroxyl groups is 1. The number of nitrogens with zero attached hydrogens (tertiary/aromatic N) is 1. The Labute approximate surface area is 234 Å². The van der Waals surface area contributed by atoms with Gasteiger partial charge in [-0.25, -0.2) is 0 Å². The first-order valence-electron chi connectivity index (χ1n) is 13.5. The summed E-state index contributed by atoms with van der Waals surface area (Å²) in [6.45, 7) is 10.7. The lowest BCUT2D eigenvalue weighted by Crippen LogP contribution is -2.29. The summed E-state index contributed by atoms with van der Waals surface area (Å²) in [6, 6.07) is 18.2. The largest absolute Gasteiger partial charge is 0.507 e. The van der Waals surface area contributed by atoms with E-state index in [4.69, 9.17) is 18.9 Å². The van der Waals surface area contributed by atoms with E-state index < -0.39 is 17.7 Å². The Balaban J connectivity index is 1.92. The van der Waals surface area contributed by atoms with Crippen LogP contribution in [0.1, 0.15) is 51.8 Å². The first-order valence-corrected chi connectivity index (χ1v) is 13.5. The van der Waals surface area contributed by atoms with Crippen LogP contribution in [0.5, 0.6) is 23.0 Å². The molecule has 3 aromatic rings. The van der Waals surface area contributed by atoms with Gasteiger partial charge in [-0.05, 0) is 88.7 Å². The van der Waals surface area contributed by atoms with Gasteiger partial charge in [0.15, 0.2) is 0 Å². The second kappa shape index (κ2) is 12.6. The molecule has 1 N–H and O–H groups in total. The van der Waals surface area contributed by atoms with Gasteiger partial charge in [0, 0.05) is 11.8 Å². The van der Waals surface area contributed by atoms with Crippen molar-refractivity contribution in [2.24, 2.45) is 0 Å². The first kappa shape index (κ1) is 28.5. The predicted molar refractivity (Wildman–Crippen MR) is 153 cm³/mol. The van der Waals surface area contributed by atoms with Gasteiger partial charge < -0.3 is 24.1 Å². The Kier molecular flexibility index (Phi) is 8.99. The third-order valence-electron chi connectivity index (χ3n) is 6.23. The molecular weight excluding hydrogens is 510 g/mol. The second-order valence-corrected chi connectivity index (χ2v) is 9.36. The van der Waals surface area contributed by atoms with Crippen molar-refractivity contribution in [3.63, 3.8) is 0 Å². The number of Topliss-reactive ketones (excluding diaryl/α,β-unsaturated/α-hetero) is 1. The zero-order valence-corrected chi connectivity index (χ0v) is 23.5. The van der Waals surface area contributed by atoms with E-state index in [1.165, 1.54) is 4.90 Å². The van der Waals surface area contributed by atoms with Crippen LogP contribution in [0.25, 0.3) is 5.76 Å². The van der Waals surface area contributed by atoms with Crippen LogP contribution in [0.4, 0.5) is 5.69 Å². The maximum absolute atomic E-state index is 13.6. The van der Waals surface area contributed by atoms with E-state index in [1.807, 2.05) is 40.7 Å². The van der Waals surface area contributed by atoms with Crippen LogP contribution >= 0.6 is 0 Å². The lowest BCUT2D eigenvalue weighted by atomic mass is 9.94. The van der Waals surface area contributed by atoms with Crippen LogP contribution < -0.4 is 23.8 Å². The van der Waals surface area contributed by atoms with Crippen molar-refractivity contribution >= 4 is 23.1 Å². The van der Waals surface area contributed by atoms with Crippen molar-refractivity contribution in [2.75, 3.05) is 24.7 Å². The van der Waals surface area contributed by atoms with Crippen molar-refractivity contribution in [1.82, 2.24) is 0 Å². The van der Waals surface area contributed by atoms with E-state index in [2.05, 4.69) is 0 Å². The van der Waals surface area contributed by atoms with E-state index in [9.17, 15) is 14.7 Å². The SMILES string of the molecule is CCOc1ccc(N2C(=O)C(=O)/C(=C(/O)c3ccc(OCC)cc3OCC)C2c2cccc(OC(C)C)c2)cc1. The molecule has 8 nitrogen and oxygen atoms in total. The van der Waals surface area contributed by atoms with Crippen molar-refractivity contribution in [2.45, 2.75) is 46.8 Å². The Morgan fingerprint density at radius 3 is 2.12 bits per heavy atom. The number of ether oxygens (including phenoxy) is 4. The molecule has 210 valence electrons. The highest BCUT2D eigenvalue weighted by Gasteiger charge is 2.47. The summed E-state index contributed by atoms with van der Waals surface area (Å²) >= 11 is 0. The van der Waals surface area contributed by atoms with Crippen LogP contribution in [0.2, 0.25) is 0 Å². The van der Waals surface area contributed by atoms with Crippen LogP contribution in [-0.2, 0) is 9.59 Å². The predicted octanol–water partition coefficient (Wildman–Crippen LogP) is 6.30. The maximum Gasteiger partial charge on any atom is 0.300 e. The lowest BCUT2D eigenvalue weighted by Gasteiger charge is -2.26. The molecule has 4 rings (SSSR count). The zero-order valence-electron chi connectivity index (χ0n) is 23.5. The van der Waals surface area contributed by atoms with Gasteiger partial charge in [0.2, 0.25) is 0 Å². The molecule has 1 aliphatic heterocycles. The fourth-order valence-corrected chi connectivity index (χ4v) is 4.69. The molecule has 1 heterocycles. The van der Waals surface area contributed by atoms with Crippen LogP contribution in [-0.4, -0.2) is 42.7 Å². The van der Waals surface area contributed by atoms with Gasteiger partial charge in [0.1, 0.15) is 28.8 Å². The summed E-state index contributed by atoms with van der Waals surface area (Å²) in [7, 11) is 0. The number of ketones is 1. The number of rotatable bonds is 11. The second-order valence-electron chi connectivity index (χ2n) is 9.36. The monoisotopic (exact) mass is 545 g/mol. The summed E-state index contributed by atoms with van der Waals surface area (Å²) < 4.78 is 22.9. The fraction of sp³-hybridized carbons (Fsp3) is 0.312. The van der Waals surface area contributed by atoms with E-state index in [1.54, 1.807) is 60.7 Å². The summed E-state index contributed by atoms with van der Waals surface area (Å²) in [4.78, 5) is 28.6. The molecule has 40 heavy (non-hydrogen) atoms. The number of anilines is 1. The Bertz CT molecular complexity index is 1390. The number of hydrogen-bond acceptors (Lipinski definition) is 7. The normalized spacial score (nSPS) is 16.4. The molecule has 1 atom stereocenters. The highest BCUT2D eigenvalue weighted by molar-refractivity contribution is 6.51. The Hall–Kier alpha value is -4.46. The van der Waals surface area contributed by atoms with Crippen LogP contribution in [0.15, 0.2) is 72.3 Å². The molecule has 0 spiro atoms. The van der Waals surface area contributed by atoms with Crippen LogP contribution in [0, 0.1) is 0 Å². The minimum Gasteiger partial charge on any atom is -0.507 e. The third kappa shape index (κ3) is 5.91. The van der Waals surface area contributed by atoms with Gasteiger partial charge in [-0.2, -0.15) is 0 Å². The Morgan fingerprint density at radius 2 is 1.48 bits per heavy atom. The topological polar surface area (TPSA) is 94.5 Å². The van der Waals surface area contributed by atoms with Gasteiger partial charge >= 0.3 is 0 Å².